The van der Waals surface area contributed by atoms with Crippen LogP contribution in [0.2, 0.25) is 0 Å². The first-order chi connectivity index (χ1) is 8.22. The van der Waals surface area contributed by atoms with Crippen LogP contribution in [0.25, 0.3) is 10.8 Å². The molecule has 0 saturated heterocycles. The first-order valence-corrected chi connectivity index (χ1v) is 6.71. The molecule has 0 heterocycles. The Labute approximate surface area is 105 Å². The van der Waals surface area contributed by atoms with Crippen molar-refractivity contribution in [3.05, 3.63) is 47.5 Å². The van der Waals surface area contributed by atoms with Crippen LogP contribution in [0.3, 0.4) is 0 Å². The van der Waals surface area contributed by atoms with E-state index in [0.717, 1.165) is 0 Å². The molecule has 0 heteroatoms. The molecule has 2 aromatic rings. The zero-order valence-electron chi connectivity index (χ0n) is 11.2. The fourth-order valence-corrected chi connectivity index (χ4v) is 2.43. The summed E-state index contributed by atoms with van der Waals surface area (Å²) in [6, 6.07) is 13.5. The fraction of sp³-hybridized carbons (Fsp3) is 0.412. The maximum atomic E-state index is 2.38. The van der Waals surface area contributed by atoms with Crippen molar-refractivity contribution in [2.75, 3.05) is 0 Å². The molecule has 0 bridgehead atoms. The smallest absolute Gasteiger partial charge is 0.0152 e. The summed E-state index contributed by atoms with van der Waals surface area (Å²) in [5.74, 6) is 0.680. The monoisotopic (exact) mass is 226 g/mol. The lowest BCUT2D eigenvalue weighted by Crippen LogP contribution is -1.93. The van der Waals surface area contributed by atoms with E-state index in [1.54, 1.807) is 0 Å². The third-order valence-corrected chi connectivity index (χ3v) is 3.68. The van der Waals surface area contributed by atoms with Gasteiger partial charge in [-0.2, -0.15) is 0 Å². The highest BCUT2D eigenvalue weighted by Gasteiger charge is 2.06. The molecular weight excluding hydrogens is 204 g/mol. The van der Waals surface area contributed by atoms with Crippen molar-refractivity contribution >= 4 is 10.8 Å². The lowest BCUT2D eigenvalue weighted by molar-refractivity contribution is 0.625. The molecule has 0 radical (unpaired) electrons. The van der Waals surface area contributed by atoms with Crippen LogP contribution in [0.4, 0.5) is 0 Å². The maximum absolute atomic E-state index is 2.38. The van der Waals surface area contributed by atoms with Crippen molar-refractivity contribution < 1.29 is 0 Å². The van der Waals surface area contributed by atoms with Crippen molar-refractivity contribution in [2.45, 2.75) is 46.0 Å². The highest BCUT2D eigenvalue weighted by Crippen LogP contribution is 2.26. The van der Waals surface area contributed by atoms with Gasteiger partial charge in [0.25, 0.3) is 0 Å². The van der Waals surface area contributed by atoms with Gasteiger partial charge in [-0.3, -0.25) is 0 Å². The molecule has 17 heavy (non-hydrogen) atoms. The van der Waals surface area contributed by atoms with Crippen molar-refractivity contribution in [3.63, 3.8) is 0 Å². The van der Waals surface area contributed by atoms with Gasteiger partial charge < -0.3 is 0 Å². The summed E-state index contributed by atoms with van der Waals surface area (Å²) in [5, 5.41) is 2.77. The summed E-state index contributed by atoms with van der Waals surface area (Å²) < 4.78 is 0. The molecule has 0 aliphatic heterocycles. The van der Waals surface area contributed by atoms with Crippen molar-refractivity contribution in [1.29, 1.82) is 0 Å². The number of fused-ring (bicyclic) bond motifs is 1. The zero-order valence-corrected chi connectivity index (χ0v) is 11.2. The Morgan fingerprint density at radius 3 is 2.71 bits per heavy atom. The molecule has 0 aliphatic carbocycles. The van der Waals surface area contributed by atoms with Crippen LogP contribution in [-0.2, 0) is 0 Å². The molecule has 2 rings (SSSR count). The van der Waals surface area contributed by atoms with Crippen molar-refractivity contribution in [1.82, 2.24) is 0 Å². The highest BCUT2D eigenvalue weighted by molar-refractivity contribution is 5.86. The number of unbranched alkanes of at least 4 members (excludes halogenated alkanes) is 1. The predicted molar refractivity (Wildman–Crippen MR) is 76.6 cm³/mol. The van der Waals surface area contributed by atoms with Crippen LogP contribution in [0.15, 0.2) is 36.4 Å². The quantitative estimate of drug-likeness (QED) is 0.651. The van der Waals surface area contributed by atoms with Crippen LogP contribution >= 0.6 is 0 Å². The summed E-state index contributed by atoms with van der Waals surface area (Å²) in [6.45, 7) is 6.80. The van der Waals surface area contributed by atoms with Crippen LogP contribution < -0.4 is 0 Å². The molecule has 0 nitrogen and oxygen atoms in total. The molecule has 0 amide bonds. The minimum Gasteiger partial charge on any atom is -0.0654 e. The van der Waals surface area contributed by atoms with Gasteiger partial charge in [0.15, 0.2) is 0 Å². The van der Waals surface area contributed by atoms with Gasteiger partial charge in [-0.05, 0) is 41.2 Å². The van der Waals surface area contributed by atoms with Gasteiger partial charge in [0.05, 0.1) is 0 Å². The molecular formula is C17H22. The molecule has 0 aliphatic rings. The van der Waals surface area contributed by atoms with Gasteiger partial charge in [0.1, 0.15) is 0 Å². The SMILES string of the molecule is CCCCC(C)c1ccc2cccc(C)c2c1. The summed E-state index contributed by atoms with van der Waals surface area (Å²) in [4.78, 5) is 0. The van der Waals surface area contributed by atoms with E-state index in [4.69, 9.17) is 0 Å². The average Bonchev–Trinajstić information content (AvgIpc) is 2.36. The van der Waals surface area contributed by atoms with Gasteiger partial charge in [0.2, 0.25) is 0 Å². The number of hydrogen-bond donors (Lipinski definition) is 0. The lowest BCUT2D eigenvalue weighted by Gasteiger charge is -2.13. The van der Waals surface area contributed by atoms with Crippen molar-refractivity contribution in [2.24, 2.45) is 0 Å². The van der Waals surface area contributed by atoms with Gasteiger partial charge in [-0.15, -0.1) is 0 Å². The normalized spacial score (nSPS) is 12.9. The Balaban J connectivity index is 2.33. The lowest BCUT2D eigenvalue weighted by atomic mass is 9.92. The van der Waals surface area contributed by atoms with E-state index < -0.39 is 0 Å². The van der Waals surface area contributed by atoms with Gasteiger partial charge >= 0.3 is 0 Å². The maximum Gasteiger partial charge on any atom is -0.0152 e. The Kier molecular flexibility index (Phi) is 3.83. The van der Waals surface area contributed by atoms with E-state index in [2.05, 4.69) is 57.2 Å². The second kappa shape index (κ2) is 5.35. The van der Waals surface area contributed by atoms with Gasteiger partial charge in [-0.1, -0.05) is 63.1 Å². The predicted octanol–water partition coefficient (Wildman–Crippen LogP) is 5.44. The minimum atomic E-state index is 0.680. The second-order valence-electron chi connectivity index (χ2n) is 5.10. The molecule has 1 atom stereocenters. The Hall–Kier alpha value is -1.30. The highest BCUT2D eigenvalue weighted by atomic mass is 14.1. The Bertz CT molecular complexity index is 496. The van der Waals surface area contributed by atoms with Crippen molar-refractivity contribution in [3.8, 4) is 0 Å². The molecule has 0 spiro atoms. The Morgan fingerprint density at radius 2 is 1.94 bits per heavy atom. The molecule has 0 saturated carbocycles. The van der Waals surface area contributed by atoms with E-state index in [0.29, 0.717) is 5.92 Å². The topological polar surface area (TPSA) is 0 Å². The molecule has 90 valence electrons. The van der Waals surface area contributed by atoms with Crippen LogP contribution in [-0.4, -0.2) is 0 Å². The number of rotatable bonds is 4. The molecule has 0 aromatic heterocycles. The van der Waals surface area contributed by atoms with Gasteiger partial charge in [0, 0.05) is 0 Å². The molecule has 1 unspecified atom stereocenters. The number of benzene rings is 2. The first-order valence-electron chi connectivity index (χ1n) is 6.71. The summed E-state index contributed by atoms with van der Waals surface area (Å²) in [5.41, 5.74) is 2.87. The van der Waals surface area contributed by atoms with E-state index in [9.17, 15) is 0 Å². The summed E-state index contributed by atoms with van der Waals surface area (Å²) >= 11 is 0. The standard InChI is InChI=1S/C17H22/c1-4-5-7-13(2)16-11-10-15-9-6-8-14(3)17(15)12-16/h6,8-13H,4-5,7H2,1-3H3. The van der Waals surface area contributed by atoms with E-state index in [1.165, 1.54) is 41.2 Å². The third-order valence-electron chi connectivity index (χ3n) is 3.68. The van der Waals surface area contributed by atoms with E-state index >= 15 is 0 Å². The average molecular weight is 226 g/mol. The number of aryl methyl sites for hydroxylation is 1. The summed E-state index contributed by atoms with van der Waals surface area (Å²) in [6.07, 6.45) is 3.91. The van der Waals surface area contributed by atoms with Crippen LogP contribution in [0, 0.1) is 6.92 Å². The largest absolute Gasteiger partial charge is 0.0654 e. The molecule has 0 N–H and O–H groups in total. The molecule has 0 fully saturated rings. The zero-order chi connectivity index (χ0) is 12.3. The second-order valence-corrected chi connectivity index (χ2v) is 5.10. The Morgan fingerprint density at radius 1 is 1.12 bits per heavy atom. The fourth-order valence-electron chi connectivity index (χ4n) is 2.43. The number of hydrogen-bond acceptors (Lipinski definition) is 0. The molecule has 2 aromatic carbocycles. The minimum absolute atomic E-state index is 0.680. The van der Waals surface area contributed by atoms with E-state index in [-0.39, 0.29) is 0 Å². The van der Waals surface area contributed by atoms with Gasteiger partial charge in [-0.25, -0.2) is 0 Å². The third kappa shape index (κ3) is 2.69. The van der Waals surface area contributed by atoms with Crippen LogP contribution in [0.5, 0.6) is 0 Å². The first kappa shape index (κ1) is 12.2. The van der Waals surface area contributed by atoms with Crippen LogP contribution in [0.1, 0.15) is 50.2 Å². The van der Waals surface area contributed by atoms with E-state index in [1.807, 2.05) is 0 Å². The summed E-state index contributed by atoms with van der Waals surface area (Å²) in [7, 11) is 0.